The molecule has 1 aliphatic heterocycles. The van der Waals surface area contributed by atoms with E-state index in [9.17, 15) is 9.50 Å². The van der Waals surface area contributed by atoms with Gasteiger partial charge in [-0.05, 0) is 50.0 Å². The molecule has 88 valence electrons. The molecular weight excluding hydrogens is 273 g/mol. The minimum Gasteiger partial charge on any atom is -0.388 e. The van der Waals surface area contributed by atoms with E-state index < -0.39 is 6.10 Å². The fraction of sp³-hybridized carbons (Fsp3) is 0.500. The molecule has 0 saturated carbocycles. The number of hydrogen-bond acceptors (Lipinski definition) is 2. The Morgan fingerprint density at radius 2 is 2.06 bits per heavy atom. The van der Waals surface area contributed by atoms with Crippen molar-refractivity contribution in [3.05, 3.63) is 34.1 Å². The third kappa shape index (κ3) is 2.62. The maximum atomic E-state index is 13.6. The van der Waals surface area contributed by atoms with Crippen LogP contribution in [0.2, 0.25) is 0 Å². The smallest absolute Gasteiger partial charge is 0.129 e. The quantitative estimate of drug-likeness (QED) is 0.877. The van der Waals surface area contributed by atoms with Crippen molar-refractivity contribution >= 4 is 15.9 Å². The molecule has 2 nitrogen and oxygen atoms in total. The van der Waals surface area contributed by atoms with Gasteiger partial charge in [0.25, 0.3) is 0 Å². The van der Waals surface area contributed by atoms with E-state index in [4.69, 9.17) is 0 Å². The summed E-state index contributed by atoms with van der Waals surface area (Å²) in [6.45, 7) is 1.80. The normalized spacial score (nSPS) is 19.7. The fourth-order valence-electron chi connectivity index (χ4n) is 2.16. The molecule has 1 heterocycles. The average molecular weight is 288 g/mol. The summed E-state index contributed by atoms with van der Waals surface area (Å²) in [6.07, 6.45) is 1.10. The van der Waals surface area contributed by atoms with Crippen molar-refractivity contribution in [3.8, 4) is 0 Å². The second-order valence-corrected chi connectivity index (χ2v) is 5.11. The largest absolute Gasteiger partial charge is 0.388 e. The Morgan fingerprint density at radius 1 is 1.38 bits per heavy atom. The summed E-state index contributed by atoms with van der Waals surface area (Å²) in [4.78, 5) is 0. The summed E-state index contributed by atoms with van der Waals surface area (Å²) in [5, 5.41) is 13.4. The van der Waals surface area contributed by atoms with Crippen molar-refractivity contribution < 1.29 is 9.50 Å². The molecule has 1 unspecified atom stereocenters. The standard InChI is InChI=1S/C12H15BrFNO/c13-9-1-2-11(14)10(7-9)12(16)8-3-5-15-6-4-8/h1-2,7-8,12,15-16H,3-6H2. The monoisotopic (exact) mass is 287 g/mol. The van der Waals surface area contributed by atoms with Gasteiger partial charge in [0.1, 0.15) is 5.82 Å². The minimum absolute atomic E-state index is 0.157. The highest BCUT2D eigenvalue weighted by Gasteiger charge is 2.25. The maximum absolute atomic E-state index is 13.6. The first-order chi connectivity index (χ1) is 7.68. The minimum atomic E-state index is -0.695. The van der Waals surface area contributed by atoms with Gasteiger partial charge < -0.3 is 10.4 Å². The molecule has 0 bridgehead atoms. The van der Waals surface area contributed by atoms with Crippen LogP contribution < -0.4 is 5.32 Å². The van der Waals surface area contributed by atoms with Crippen LogP contribution in [0.3, 0.4) is 0 Å². The van der Waals surface area contributed by atoms with Crippen molar-refractivity contribution in [2.45, 2.75) is 18.9 Å². The van der Waals surface area contributed by atoms with Crippen LogP contribution in [-0.4, -0.2) is 18.2 Å². The SMILES string of the molecule is OC(c1cc(Br)ccc1F)C1CCNCC1. The summed E-state index contributed by atoms with van der Waals surface area (Å²) in [5.41, 5.74) is 0.404. The van der Waals surface area contributed by atoms with Gasteiger partial charge in [-0.25, -0.2) is 4.39 Å². The lowest BCUT2D eigenvalue weighted by atomic mass is 9.88. The van der Waals surface area contributed by atoms with Gasteiger partial charge in [0.2, 0.25) is 0 Å². The zero-order chi connectivity index (χ0) is 11.5. The summed E-state index contributed by atoms with van der Waals surface area (Å²) >= 11 is 3.30. The van der Waals surface area contributed by atoms with Crippen LogP contribution in [0.15, 0.2) is 22.7 Å². The zero-order valence-corrected chi connectivity index (χ0v) is 10.5. The first kappa shape index (κ1) is 12.0. The number of rotatable bonds is 2. The van der Waals surface area contributed by atoms with Crippen molar-refractivity contribution in [3.63, 3.8) is 0 Å². The van der Waals surface area contributed by atoms with Crippen LogP contribution in [0.1, 0.15) is 24.5 Å². The van der Waals surface area contributed by atoms with Crippen molar-refractivity contribution in [2.75, 3.05) is 13.1 Å². The summed E-state index contributed by atoms with van der Waals surface area (Å²) in [5.74, 6) is -0.167. The van der Waals surface area contributed by atoms with E-state index in [1.165, 1.54) is 6.07 Å². The highest BCUT2D eigenvalue weighted by molar-refractivity contribution is 9.10. The molecule has 2 N–H and O–H groups in total. The number of benzene rings is 1. The van der Waals surface area contributed by atoms with Crippen LogP contribution in [0.25, 0.3) is 0 Å². The zero-order valence-electron chi connectivity index (χ0n) is 8.92. The predicted molar refractivity (Wildman–Crippen MR) is 64.7 cm³/mol. The Bertz CT molecular complexity index is 366. The number of aliphatic hydroxyl groups excluding tert-OH is 1. The second-order valence-electron chi connectivity index (χ2n) is 4.20. The molecule has 1 saturated heterocycles. The van der Waals surface area contributed by atoms with Gasteiger partial charge in [0.15, 0.2) is 0 Å². The molecule has 0 radical (unpaired) electrons. The van der Waals surface area contributed by atoms with Crippen molar-refractivity contribution in [1.82, 2.24) is 5.32 Å². The van der Waals surface area contributed by atoms with Gasteiger partial charge in [0.05, 0.1) is 6.10 Å². The number of piperidine rings is 1. The second kappa shape index (κ2) is 5.25. The van der Waals surface area contributed by atoms with E-state index >= 15 is 0 Å². The van der Waals surface area contributed by atoms with Gasteiger partial charge in [-0.2, -0.15) is 0 Å². The molecular formula is C12H15BrFNO. The topological polar surface area (TPSA) is 32.3 Å². The van der Waals surface area contributed by atoms with Crippen LogP contribution in [-0.2, 0) is 0 Å². The molecule has 1 aromatic carbocycles. The lowest BCUT2D eigenvalue weighted by Gasteiger charge is -2.27. The van der Waals surface area contributed by atoms with Crippen molar-refractivity contribution in [2.24, 2.45) is 5.92 Å². The highest BCUT2D eigenvalue weighted by Crippen LogP contribution is 2.31. The third-order valence-electron chi connectivity index (χ3n) is 3.11. The number of nitrogens with one attached hydrogen (secondary N) is 1. The molecule has 1 aromatic rings. The van der Waals surface area contributed by atoms with Gasteiger partial charge in [0, 0.05) is 10.0 Å². The van der Waals surface area contributed by atoms with Gasteiger partial charge in [-0.3, -0.25) is 0 Å². The molecule has 0 aromatic heterocycles. The van der Waals surface area contributed by atoms with E-state index in [0.29, 0.717) is 5.56 Å². The Morgan fingerprint density at radius 3 is 2.75 bits per heavy atom. The Kier molecular flexibility index (Phi) is 3.95. The predicted octanol–water partition coefficient (Wildman–Crippen LogP) is 2.62. The number of hydrogen-bond donors (Lipinski definition) is 2. The van der Waals surface area contributed by atoms with Crippen LogP contribution in [0.5, 0.6) is 0 Å². The summed E-state index contributed by atoms with van der Waals surface area (Å²) in [7, 11) is 0. The first-order valence-corrected chi connectivity index (χ1v) is 6.31. The summed E-state index contributed by atoms with van der Waals surface area (Å²) < 4.78 is 14.4. The van der Waals surface area contributed by atoms with E-state index in [-0.39, 0.29) is 11.7 Å². The van der Waals surface area contributed by atoms with Crippen LogP contribution in [0.4, 0.5) is 4.39 Å². The van der Waals surface area contributed by atoms with Crippen molar-refractivity contribution in [1.29, 1.82) is 0 Å². The lowest BCUT2D eigenvalue weighted by molar-refractivity contribution is 0.0856. The number of aliphatic hydroxyl groups is 1. The third-order valence-corrected chi connectivity index (χ3v) is 3.60. The highest BCUT2D eigenvalue weighted by atomic mass is 79.9. The molecule has 0 amide bonds. The van der Waals surface area contributed by atoms with E-state index in [1.54, 1.807) is 12.1 Å². The van der Waals surface area contributed by atoms with Gasteiger partial charge in [-0.1, -0.05) is 15.9 Å². The fourth-order valence-corrected chi connectivity index (χ4v) is 2.53. The molecule has 0 spiro atoms. The molecule has 4 heteroatoms. The van der Waals surface area contributed by atoms with Crippen LogP contribution >= 0.6 is 15.9 Å². The molecule has 16 heavy (non-hydrogen) atoms. The molecule has 1 aliphatic rings. The molecule has 0 aliphatic carbocycles. The number of halogens is 2. The molecule has 1 fully saturated rings. The van der Waals surface area contributed by atoms with Gasteiger partial charge in [-0.15, -0.1) is 0 Å². The Balaban J connectivity index is 2.18. The van der Waals surface area contributed by atoms with Gasteiger partial charge >= 0.3 is 0 Å². The lowest BCUT2D eigenvalue weighted by Crippen LogP contribution is -2.31. The maximum Gasteiger partial charge on any atom is 0.129 e. The Hall–Kier alpha value is -0.450. The van der Waals surface area contributed by atoms with E-state index in [1.807, 2.05) is 0 Å². The average Bonchev–Trinajstić information content (AvgIpc) is 2.32. The first-order valence-electron chi connectivity index (χ1n) is 5.52. The van der Waals surface area contributed by atoms with E-state index in [2.05, 4.69) is 21.2 Å². The summed E-state index contributed by atoms with van der Waals surface area (Å²) in [6, 6.07) is 4.71. The molecule has 1 atom stereocenters. The molecule has 2 rings (SSSR count). The Labute approximate surface area is 103 Å². The van der Waals surface area contributed by atoms with E-state index in [0.717, 1.165) is 30.4 Å². The van der Waals surface area contributed by atoms with Crippen LogP contribution in [0, 0.1) is 11.7 Å².